The number of carbonyl (C=O) groups excluding carboxylic acids is 2. The second-order valence-electron chi connectivity index (χ2n) is 12.7. The van der Waals surface area contributed by atoms with Crippen molar-refractivity contribution in [1.82, 2.24) is 9.80 Å². The van der Waals surface area contributed by atoms with Gasteiger partial charge in [-0.3, -0.25) is 9.69 Å². The van der Waals surface area contributed by atoms with Crippen LogP contribution in [0.1, 0.15) is 66.3 Å². The van der Waals surface area contributed by atoms with Gasteiger partial charge >= 0.3 is 12.0 Å². The Kier molecular flexibility index (Phi) is 13.4. The van der Waals surface area contributed by atoms with Crippen molar-refractivity contribution in [2.45, 2.75) is 64.8 Å². The first-order valence-corrected chi connectivity index (χ1v) is 16.5. The molecule has 11 nitrogen and oxygen atoms in total. The number of likely N-dealkylation sites (N-methyl/N-ethyl adjacent to an activating group) is 1. The summed E-state index contributed by atoms with van der Waals surface area (Å²) in [5.74, 6) is -0.968. The van der Waals surface area contributed by atoms with Crippen LogP contribution in [0.5, 0.6) is 5.75 Å². The lowest BCUT2D eigenvalue weighted by Gasteiger charge is -2.36. The molecule has 3 aromatic carbocycles. The first-order chi connectivity index (χ1) is 23.0. The molecule has 11 heteroatoms. The van der Waals surface area contributed by atoms with Crippen LogP contribution in [0, 0.1) is 5.92 Å². The molecule has 1 aliphatic rings. The van der Waals surface area contributed by atoms with Gasteiger partial charge in [-0.15, -0.1) is 0 Å². The molecule has 48 heavy (non-hydrogen) atoms. The fourth-order valence-corrected chi connectivity index (χ4v) is 5.71. The van der Waals surface area contributed by atoms with Crippen LogP contribution in [-0.2, 0) is 11.3 Å². The van der Waals surface area contributed by atoms with Crippen LogP contribution >= 0.6 is 0 Å². The molecule has 0 saturated carbocycles. The maximum atomic E-state index is 14.3. The Hall–Kier alpha value is -4.45. The van der Waals surface area contributed by atoms with E-state index >= 15 is 0 Å². The van der Waals surface area contributed by atoms with Crippen LogP contribution in [0.15, 0.2) is 72.8 Å². The average Bonchev–Trinajstić information content (AvgIpc) is 3.06. The number of benzene rings is 3. The van der Waals surface area contributed by atoms with Crippen LogP contribution in [0.25, 0.3) is 0 Å². The highest BCUT2D eigenvalue weighted by atomic mass is 16.5. The van der Waals surface area contributed by atoms with E-state index in [2.05, 4.69) is 15.5 Å². The predicted octanol–water partition coefficient (Wildman–Crippen LogP) is 5.96. The van der Waals surface area contributed by atoms with E-state index in [1.807, 2.05) is 51.2 Å². The summed E-state index contributed by atoms with van der Waals surface area (Å²) in [6, 6.07) is 20.0. The summed E-state index contributed by atoms with van der Waals surface area (Å²) < 4.78 is 12.7. The molecule has 0 saturated heterocycles. The Morgan fingerprint density at radius 1 is 1.00 bits per heavy atom. The Morgan fingerprint density at radius 3 is 2.40 bits per heavy atom. The third kappa shape index (κ3) is 10.5. The Balaban J connectivity index is 1.57. The summed E-state index contributed by atoms with van der Waals surface area (Å²) in [6.07, 6.45) is 2.10. The van der Waals surface area contributed by atoms with Crippen molar-refractivity contribution in [3.63, 3.8) is 0 Å². The van der Waals surface area contributed by atoms with E-state index in [0.29, 0.717) is 48.9 Å². The summed E-state index contributed by atoms with van der Waals surface area (Å²) in [4.78, 5) is 42.2. The largest absolute Gasteiger partial charge is 0.490 e. The molecule has 1 aliphatic heterocycles. The number of carboxylic acids is 1. The summed E-state index contributed by atoms with van der Waals surface area (Å²) >= 11 is 0. The lowest BCUT2D eigenvalue weighted by atomic mass is 10.0. The quantitative estimate of drug-likeness (QED) is 0.221. The summed E-state index contributed by atoms with van der Waals surface area (Å²) in [7, 11) is 1.99. The number of ether oxygens (including phenoxy) is 2. The van der Waals surface area contributed by atoms with E-state index in [9.17, 15) is 24.6 Å². The van der Waals surface area contributed by atoms with E-state index < -0.39 is 18.0 Å². The van der Waals surface area contributed by atoms with Gasteiger partial charge in [0.05, 0.1) is 36.0 Å². The highest BCUT2D eigenvalue weighted by Gasteiger charge is 2.30. The van der Waals surface area contributed by atoms with Gasteiger partial charge < -0.3 is 35.2 Å². The number of carbonyl (C=O) groups is 3. The van der Waals surface area contributed by atoms with Gasteiger partial charge in [0.1, 0.15) is 5.75 Å². The maximum absolute atomic E-state index is 14.3. The Bertz CT molecular complexity index is 1500. The summed E-state index contributed by atoms with van der Waals surface area (Å²) in [5.41, 5.74) is 2.58. The van der Waals surface area contributed by atoms with Gasteiger partial charge in [0.2, 0.25) is 0 Å². The minimum Gasteiger partial charge on any atom is -0.490 e. The molecule has 0 spiro atoms. The van der Waals surface area contributed by atoms with Crippen LogP contribution in [0.2, 0.25) is 0 Å². The number of para-hydroxylation sites is 1. The number of aromatic carboxylic acids is 1. The lowest BCUT2D eigenvalue weighted by molar-refractivity contribution is -0.0177. The average molecular weight is 661 g/mol. The number of nitrogens with one attached hydrogen (secondary N) is 2. The molecule has 1 heterocycles. The van der Waals surface area contributed by atoms with Crippen molar-refractivity contribution >= 4 is 29.3 Å². The second kappa shape index (κ2) is 17.6. The van der Waals surface area contributed by atoms with Crippen LogP contribution < -0.4 is 15.4 Å². The number of urea groups is 1. The molecule has 4 rings (SSSR count). The highest BCUT2D eigenvalue weighted by molar-refractivity contribution is 6.02. The number of hydrogen-bond donors (Lipinski definition) is 4. The second-order valence-corrected chi connectivity index (χ2v) is 12.7. The van der Waals surface area contributed by atoms with E-state index in [4.69, 9.17) is 9.47 Å². The van der Waals surface area contributed by atoms with Gasteiger partial charge in [0.15, 0.2) is 0 Å². The number of aliphatic hydroxyl groups is 1. The standard InChI is InChI=1S/C37H48N4O7/c1-25-21-41(26(2)24-42)35(43)32-20-31(39-37(46)38-30-11-6-5-7-12-30)17-18-33(32)48-27(3)10-8-9-19-47-34(25)23-40(4)22-28-13-15-29(16-14-28)36(44)45/h5-7,11-18,20,25-27,34,42H,8-10,19,21-24H2,1-4H3,(H,44,45)(H2,38,39,46)/t25-,26+,27-,34+/m0/s1. The zero-order valence-electron chi connectivity index (χ0n) is 28.2. The first-order valence-electron chi connectivity index (χ1n) is 16.5. The third-order valence-corrected chi connectivity index (χ3v) is 8.49. The lowest BCUT2D eigenvalue weighted by Crippen LogP contribution is -2.47. The van der Waals surface area contributed by atoms with E-state index in [-0.39, 0.29) is 36.2 Å². The highest BCUT2D eigenvalue weighted by Crippen LogP contribution is 2.29. The van der Waals surface area contributed by atoms with Gasteiger partial charge in [-0.25, -0.2) is 9.59 Å². The van der Waals surface area contributed by atoms with Crippen LogP contribution in [-0.4, -0.2) is 89.5 Å². The number of hydrogen-bond acceptors (Lipinski definition) is 7. The molecule has 0 aliphatic carbocycles. The predicted molar refractivity (Wildman–Crippen MR) is 186 cm³/mol. The minimum absolute atomic E-state index is 0.107. The fraction of sp³-hybridized carbons (Fsp3) is 0.432. The van der Waals surface area contributed by atoms with Crippen LogP contribution in [0.3, 0.4) is 0 Å². The topological polar surface area (TPSA) is 141 Å². The molecule has 3 aromatic rings. The molecular weight excluding hydrogens is 612 g/mol. The Morgan fingerprint density at radius 2 is 1.71 bits per heavy atom. The maximum Gasteiger partial charge on any atom is 0.335 e. The molecule has 0 fully saturated rings. The number of carboxylic acid groups (broad SMARTS) is 1. The smallest absolute Gasteiger partial charge is 0.335 e. The molecule has 4 atom stereocenters. The number of amides is 3. The molecule has 0 radical (unpaired) electrons. The molecule has 0 bridgehead atoms. The third-order valence-electron chi connectivity index (χ3n) is 8.49. The van der Waals surface area contributed by atoms with Crippen molar-refractivity contribution in [3.8, 4) is 5.75 Å². The Labute approximate surface area is 282 Å². The van der Waals surface area contributed by atoms with Crippen molar-refractivity contribution < 1.29 is 34.1 Å². The monoisotopic (exact) mass is 660 g/mol. The number of fused-ring (bicyclic) bond motifs is 1. The van der Waals surface area contributed by atoms with Crippen molar-refractivity contribution in [1.29, 1.82) is 0 Å². The normalized spacial score (nSPS) is 19.8. The zero-order valence-corrected chi connectivity index (χ0v) is 28.2. The molecule has 0 unspecified atom stereocenters. The molecule has 258 valence electrons. The van der Waals surface area contributed by atoms with Crippen molar-refractivity contribution in [3.05, 3.63) is 89.5 Å². The fourth-order valence-electron chi connectivity index (χ4n) is 5.71. The summed E-state index contributed by atoms with van der Waals surface area (Å²) in [6.45, 7) is 7.63. The number of anilines is 2. The zero-order chi connectivity index (χ0) is 34.6. The first kappa shape index (κ1) is 36.4. The van der Waals surface area contributed by atoms with Gasteiger partial charge in [-0.05, 0) is 88.2 Å². The van der Waals surface area contributed by atoms with Crippen molar-refractivity contribution in [2.75, 3.05) is 44.0 Å². The molecule has 4 N–H and O–H groups in total. The van der Waals surface area contributed by atoms with Crippen molar-refractivity contribution in [2.24, 2.45) is 5.92 Å². The number of nitrogens with zero attached hydrogens (tertiary/aromatic N) is 2. The molecule has 3 amide bonds. The summed E-state index contributed by atoms with van der Waals surface area (Å²) in [5, 5.41) is 25.1. The number of rotatable bonds is 9. The van der Waals surface area contributed by atoms with Crippen LogP contribution in [0.4, 0.5) is 16.2 Å². The number of aliphatic hydroxyl groups excluding tert-OH is 1. The SMILES string of the molecule is C[C@H](CO)N1C[C@H](C)[C@@H](CN(C)Cc2ccc(C(=O)O)cc2)OCCCC[C@H](C)Oc2ccc(NC(=O)Nc3ccccc3)cc2C1=O. The molecule has 0 aromatic heterocycles. The van der Waals surface area contributed by atoms with Gasteiger partial charge in [0.25, 0.3) is 5.91 Å². The van der Waals surface area contributed by atoms with Gasteiger partial charge in [-0.1, -0.05) is 37.3 Å². The minimum atomic E-state index is -0.960. The van der Waals surface area contributed by atoms with Gasteiger partial charge in [-0.2, -0.15) is 0 Å². The van der Waals surface area contributed by atoms with E-state index in [1.54, 1.807) is 54.3 Å². The van der Waals surface area contributed by atoms with E-state index in [1.165, 1.54) is 0 Å². The molecular formula is C37H48N4O7. The van der Waals surface area contributed by atoms with E-state index in [0.717, 1.165) is 24.8 Å². The van der Waals surface area contributed by atoms with Gasteiger partial charge in [0, 0.05) is 43.5 Å².